The van der Waals surface area contributed by atoms with Crippen molar-refractivity contribution in [1.82, 2.24) is 15.2 Å². The summed E-state index contributed by atoms with van der Waals surface area (Å²) in [7, 11) is 0. The molecular weight excluding hydrogens is 254 g/mol. The number of hydrogen-bond acceptors (Lipinski definition) is 3. The molecule has 110 valence electrons. The second-order valence-corrected chi connectivity index (χ2v) is 5.18. The van der Waals surface area contributed by atoms with Crippen molar-refractivity contribution in [2.45, 2.75) is 32.3 Å². The molecule has 0 unspecified atom stereocenters. The van der Waals surface area contributed by atoms with E-state index in [0.29, 0.717) is 13.1 Å². The Labute approximate surface area is 120 Å². The summed E-state index contributed by atoms with van der Waals surface area (Å²) in [6, 6.07) is 4.02. The summed E-state index contributed by atoms with van der Waals surface area (Å²) in [5.41, 5.74) is 1.21. The first-order valence-electron chi connectivity index (χ1n) is 7.29. The maximum Gasteiger partial charge on any atom is 0.317 e. The fourth-order valence-corrected chi connectivity index (χ4v) is 2.32. The lowest BCUT2D eigenvalue weighted by Gasteiger charge is -2.22. The summed E-state index contributed by atoms with van der Waals surface area (Å²) in [6.45, 7) is 4.90. The molecule has 0 radical (unpaired) electrons. The van der Waals surface area contributed by atoms with Gasteiger partial charge in [-0.25, -0.2) is 4.79 Å². The predicted molar refractivity (Wildman–Crippen MR) is 77.6 cm³/mol. The minimum Gasteiger partial charge on any atom is -0.377 e. The lowest BCUT2D eigenvalue weighted by molar-refractivity contribution is 0.0710. The van der Waals surface area contributed by atoms with Gasteiger partial charge in [0.25, 0.3) is 0 Å². The molecule has 1 fully saturated rings. The fraction of sp³-hybridized carbons (Fsp3) is 0.600. The Morgan fingerprint density at radius 3 is 3.30 bits per heavy atom. The third-order valence-corrected chi connectivity index (χ3v) is 3.38. The summed E-state index contributed by atoms with van der Waals surface area (Å²) in [4.78, 5) is 18.0. The molecule has 1 N–H and O–H groups in total. The van der Waals surface area contributed by atoms with E-state index in [1.165, 1.54) is 5.56 Å². The van der Waals surface area contributed by atoms with Crippen LogP contribution in [0.2, 0.25) is 0 Å². The number of nitrogens with zero attached hydrogens (tertiary/aromatic N) is 2. The molecular formula is C15H23N3O2. The van der Waals surface area contributed by atoms with Crippen LogP contribution in [0, 0.1) is 0 Å². The molecule has 2 amide bonds. The second kappa shape index (κ2) is 7.85. The Kier molecular flexibility index (Phi) is 5.80. The largest absolute Gasteiger partial charge is 0.377 e. The van der Waals surface area contributed by atoms with Crippen LogP contribution in [0.5, 0.6) is 0 Å². The first kappa shape index (κ1) is 14.8. The van der Waals surface area contributed by atoms with Crippen molar-refractivity contribution in [3.8, 4) is 0 Å². The Balaban J connectivity index is 1.67. The van der Waals surface area contributed by atoms with E-state index in [0.717, 1.165) is 32.4 Å². The quantitative estimate of drug-likeness (QED) is 0.854. The van der Waals surface area contributed by atoms with Crippen molar-refractivity contribution in [3.63, 3.8) is 0 Å². The molecule has 0 aliphatic carbocycles. The second-order valence-electron chi connectivity index (χ2n) is 5.18. The van der Waals surface area contributed by atoms with Crippen molar-refractivity contribution in [2.24, 2.45) is 0 Å². The highest BCUT2D eigenvalue weighted by Gasteiger charge is 2.19. The number of rotatable bonds is 4. The topological polar surface area (TPSA) is 54.5 Å². The van der Waals surface area contributed by atoms with Gasteiger partial charge in [-0.3, -0.25) is 4.98 Å². The van der Waals surface area contributed by atoms with Gasteiger partial charge in [0, 0.05) is 38.6 Å². The highest BCUT2D eigenvalue weighted by molar-refractivity contribution is 5.74. The van der Waals surface area contributed by atoms with Crippen LogP contribution >= 0.6 is 0 Å². The van der Waals surface area contributed by atoms with Crippen molar-refractivity contribution in [3.05, 3.63) is 30.1 Å². The van der Waals surface area contributed by atoms with Gasteiger partial charge in [0.05, 0.1) is 6.10 Å². The molecule has 20 heavy (non-hydrogen) atoms. The molecule has 1 aromatic rings. The maximum atomic E-state index is 12.1. The van der Waals surface area contributed by atoms with Crippen LogP contribution in [0.25, 0.3) is 0 Å². The van der Waals surface area contributed by atoms with Gasteiger partial charge >= 0.3 is 6.03 Å². The molecule has 5 heteroatoms. The Morgan fingerprint density at radius 1 is 1.60 bits per heavy atom. The van der Waals surface area contributed by atoms with Gasteiger partial charge < -0.3 is 15.0 Å². The van der Waals surface area contributed by atoms with Crippen LogP contribution in [-0.2, 0) is 11.2 Å². The number of ether oxygens (including phenoxy) is 1. The van der Waals surface area contributed by atoms with E-state index >= 15 is 0 Å². The zero-order valence-corrected chi connectivity index (χ0v) is 12.0. The van der Waals surface area contributed by atoms with Gasteiger partial charge in [-0.15, -0.1) is 0 Å². The van der Waals surface area contributed by atoms with E-state index in [1.54, 1.807) is 6.20 Å². The van der Waals surface area contributed by atoms with Crippen LogP contribution in [0.3, 0.4) is 0 Å². The summed E-state index contributed by atoms with van der Waals surface area (Å²) < 4.78 is 5.54. The highest BCUT2D eigenvalue weighted by Crippen LogP contribution is 2.05. The standard InChI is InChI=1S/C15H23N3O2/c1-13-12-18(9-4-10-20-13)15(19)17-8-3-6-14-5-2-7-16-11-14/h2,5,7,11,13H,3-4,6,8-10,12H2,1H3,(H,17,19)/t13-/m0/s1. The first-order chi connectivity index (χ1) is 9.75. The number of carbonyl (C=O) groups excluding carboxylic acids is 1. The number of aryl methyl sites for hydroxylation is 1. The van der Waals surface area contributed by atoms with Crippen molar-refractivity contribution in [2.75, 3.05) is 26.2 Å². The van der Waals surface area contributed by atoms with Crippen LogP contribution < -0.4 is 5.32 Å². The zero-order chi connectivity index (χ0) is 14.2. The minimum atomic E-state index is 0.0218. The molecule has 0 spiro atoms. The molecule has 1 aromatic heterocycles. The highest BCUT2D eigenvalue weighted by atomic mass is 16.5. The number of aromatic nitrogens is 1. The summed E-state index contributed by atoms with van der Waals surface area (Å²) >= 11 is 0. The Morgan fingerprint density at radius 2 is 2.50 bits per heavy atom. The van der Waals surface area contributed by atoms with E-state index in [9.17, 15) is 4.79 Å². The predicted octanol–water partition coefficient (Wildman–Crippen LogP) is 1.83. The van der Waals surface area contributed by atoms with Crippen LogP contribution in [0.1, 0.15) is 25.3 Å². The first-order valence-corrected chi connectivity index (χ1v) is 7.29. The SMILES string of the molecule is C[C@H]1CN(C(=O)NCCCc2cccnc2)CCCO1. The van der Waals surface area contributed by atoms with Crippen LogP contribution in [0.15, 0.2) is 24.5 Å². The lowest BCUT2D eigenvalue weighted by Crippen LogP contribution is -2.43. The molecule has 2 heterocycles. The Hall–Kier alpha value is -1.62. The minimum absolute atomic E-state index is 0.0218. The van der Waals surface area contributed by atoms with E-state index in [4.69, 9.17) is 4.74 Å². The molecule has 1 aliphatic rings. The van der Waals surface area contributed by atoms with E-state index in [-0.39, 0.29) is 12.1 Å². The van der Waals surface area contributed by atoms with E-state index in [2.05, 4.69) is 16.4 Å². The van der Waals surface area contributed by atoms with Crippen molar-refractivity contribution in [1.29, 1.82) is 0 Å². The third kappa shape index (κ3) is 4.81. The van der Waals surface area contributed by atoms with Crippen LogP contribution in [-0.4, -0.2) is 48.3 Å². The maximum absolute atomic E-state index is 12.1. The number of nitrogens with one attached hydrogen (secondary N) is 1. The number of amides is 2. The van der Waals surface area contributed by atoms with E-state index in [1.807, 2.05) is 24.1 Å². The van der Waals surface area contributed by atoms with E-state index < -0.39 is 0 Å². The molecule has 0 aromatic carbocycles. The normalized spacial score (nSPS) is 19.4. The van der Waals surface area contributed by atoms with Crippen molar-refractivity contribution >= 4 is 6.03 Å². The van der Waals surface area contributed by atoms with Gasteiger partial charge in [0.2, 0.25) is 0 Å². The Bertz CT molecular complexity index is 411. The average molecular weight is 277 g/mol. The number of pyridine rings is 1. The smallest absolute Gasteiger partial charge is 0.317 e. The van der Waals surface area contributed by atoms with Crippen molar-refractivity contribution < 1.29 is 9.53 Å². The molecule has 0 saturated carbocycles. The zero-order valence-electron chi connectivity index (χ0n) is 12.0. The molecule has 1 aliphatic heterocycles. The van der Waals surface area contributed by atoms with Crippen LogP contribution in [0.4, 0.5) is 4.79 Å². The fourth-order valence-electron chi connectivity index (χ4n) is 2.32. The van der Waals surface area contributed by atoms with Gasteiger partial charge in [-0.1, -0.05) is 6.07 Å². The molecule has 5 nitrogen and oxygen atoms in total. The van der Waals surface area contributed by atoms with Gasteiger partial charge in [-0.2, -0.15) is 0 Å². The number of hydrogen-bond donors (Lipinski definition) is 1. The number of urea groups is 1. The summed E-state index contributed by atoms with van der Waals surface area (Å²) in [5.74, 6) is 0. The summed E-state index contributed by atoms with van der Waals surface area (Å²) in [6.07, 6.45) is 6.54. The molecule has 2 rings (SSSR count). The number of carbonyl (C=O) groups is 1. The lowest BCUT2D eigenvalue weighted by atomic mass is 10.1. The summed E-state index contributed by atoms with van der Waals surface area (Å²) in [5, 5.41) is 2.98. The van der Waals surface area contributed by atoms with Gasteiger partial charge in [0.1, 0.15) is 0 Å². The van der Waals surface area contributed by atoms with Gasteiger partial charge in [-0.05, 0) is 37.8 Å². The molecule has 0 bridgehead atoms. The van der Waals surface area contributed by atoms with Gasteiger partial charge in [0.15, 0.2) is 0 Å². The average Bonchev–Trinajstić information content (AvgIpc) is 2.69. The molecule has 1 atom stereocenters. The monoisotopic (exact) mass is 277 g/mol. The molecule has 1 saturated heterocycles. The third-order valence-electron chi connectivity index (χ3n) is 3.38.